The molecule has 1 amide bonds. The molecule has 128 valence electrons. The molecule has 2 N–H and O–H groups in total. The number of nitrogens with zero attached hydrogens (tertiary/aromatic N) is 2. The lowest BCUT2D eigenvalue weighted by atomic mass is 10.2. The van der Waals surface area contributed by atoms with Crippen molar-refractivity contribution in [1.82, 2.24) is 9.97 Å². The fourth-order valence-corrected chi connectivity index (χ4v) is 2.90. The maximum absolute atomic E-state index is 12.1. The highest BCUT2D eigenvalue weighted by atomic mass is 32.2. The maximum atomic E-state index is 12.1. The van der Waals surface area contributed by atoms with Gasteiger partial charge in [0.05, 0.1) is 34.9 Å². The van der Waals surface area contributed by atoms with Gasteiger partial charge in [0.15, 0.2) is 5.16 Å². The van der Waals surface area contributed by atoms with Gasteiger partial charge in [0, 0.05) is 0 Å². The molecule has 0 aliphatic carbocycles. The van der Waals surface area contributed by atoms with Gasteiger partial charge in [0.2, 0.25) is 5.91 Å². The molecular formula is C16H14N4O4S. The van der Waals surface area contributed by atoms with Gasteiger partial charge in [-0.1, -0.05) is 23.9 Å². The fourth-order valence-electron chi connectivity index (χ4n) is 2.21. The molecule has 0 aliphatic rings. The van der Waals surface area contributed by atoms with E-state index in [2.05, 4.69) is 15.3 Å². The Morgan fingerprint density at radius 2 is 2.16 bits per heavy atom. The molecule has 1 aromatic heterocycles. The van der Waals surface area contributed by atoms with Crippen molar-refractivity contribution in [2.24, 2.45) is 0 Å². The zero-order chi connectivity index (χ0) is 17.8. The van der Waals surface area contributed by atoms with Crippen LogP contribution in [0, 0.1) is 10.1 Å². The Hall–Kier alpha value is -3.07. The molecule has 0 bridgehead atoms. The summed E-state index contributed by atoms with van der Waals surface area (Å²) in [4.78, 5) is 30.1. The molecule has 0 saturated heterocycles. The fraction of sp³-hybridized carbons (Fsp3) is 0.125. The number of amides is 1. The molecule has 0 radical (unpaired) electrons. The van der Waals surface area contributed by atoms with Crippen LogP contribution >= 0.6 is 11.8 Å². The Morgan fingerprint density at radius 1 is 1.36 bits per heavy atom. The number of nitro benzene ring substituents is 1. The van der Waals surface area contributed by atoms with Crippen LogP contribution < -0.4 is 10.1 Å². The average Bonchev–Trinajstić information content (AvgIpc) is 3.03. The Bertz CT molecular complexity index is 908. The second-order valence-corrected chi connectivity index (χ2v) is 6.00. The zero-order valence-corrected chi connectivity index (χ0v) is 14.0. The van der Waals surface area contributed by atoms with Crippen molar-refractivity contribution in [3.63, 3.8) is 0 Å². The van der Waals surface area contributed by atoms with Crippen LogP contribution in [0.1, 0.15) is 0 Å². The summed E-state index contributed by atoms with van der Waals surface area (Å²) < 4.78 is 4.97. The van der Waals surface area contributed by atoms with Gasteiger partial charge >= 0.3 is 0 Å². The van der Waals surface area contributed by atoms with Crippen molar-refractivity contribution in [2.75, 3.05) is 18.2 Å². The van der Waals surface area contributed by atoms with Gasteiger partial charge in [0.1, 0.15) is 11.4 Å². The van der Waals surface area contributed by atoms with E-state index >= 15 is 0 Å². The third kappa shape index (κ3) is 3.89. The van der Waals surface area contributed by atoms with Gasteiger partial charge in [0.25, 0.3) is 5.69 Å². The van der Waals surface area contributed by atoms with Crippen LogP contribution in [0.2, 0.25) is 0 Å². The van der Waals surface area contributed by atoms with Crippen molar-refractivity contribution in [3.8, 4) is 5.75 Å². The summed E-state index contributed by atoms with van der Waals surface area (Å²) in [6, 6.07) is 11.8. The number of nitrogens with one attached hydrogen (secondary N) is 2. The Morgan fingerprint density at radius 3 is 2.88 bits per heavy atom. The standard InChI is InChI=1S/C16H14N4O4S/c1-24-10-6-7-13(14(8-10)20(22)23)17-15(21)9-25-16-18-11-4-2-3-5-12(11)19-16/h2-8H,9H2,1H3,(H,17,21)(H,18,19). The van der Waals surface area contributed by atoms with E-state index in [1.54, 1.807) is 6.07 Å². The van der Waals surface area contributed by atoms with E-state index < -0.39 is 4.92 Å². The number of H-pyrrole nitrogens is 1. The number of aromatic nitrogens is 2. The topological polar surface area (TPSA) is 110 Å². The van der Waals surface area contributed by atoms with Gasteiger partial charge in [-0.3, -0.25) is 14.9 Å². The summed E-state index contributed by atoms with van der Waals surface area (Å²) in [5.41, 5.74) is 1.61. The Balaban J connectivity index is 1.67. The van der Waals surface area contributed by atoms with Gasteiger partial charge in [-0.25, -0.2) is 4.98 Å². The Kier molecular flexibility index (Phi) is 4.85. The first kappa shape index (κ1) is 16.8. The molecule has 3 aromatic rings. The molecule has 8 nitrogen and oxygen atoms in total. The minimum absolute atomic E-state index is 0.0724. The lowest BCUT2D eigenvalue weighted by molar-refractivity contribution is -0.384. The molecule has 1 heterocycles. The van der Waals surface area contributed by atoms with E-state index in [1.807, 2.05) is 24.3 Å². The third-order valence-electron chi connectivity index (χ3n) is 3.38. The highest BCUT2D eigenvalue weighted by Crippen LogP contribution is 2.29. The molecule has 0 spiro atoms. The summed E-state index contributed by atoms with van der Waals surface area (Å²) in [6.45, 7) is 0. The number of ether oxygens (including phenoxy) is 1. The predicted molar refractivity (Wildman–Crippen MR) is 95.1 cm³/mol. The van der Waals surface area contributed by atoms with Gasteiger partial charge < -0.3 is 15.0 Å². The molecular weight excluding hydrogens is 344 g/mol. The van der Waals surface area contributed by atoms with Crippen LogP contribution in [0.15, 0.2) is 47.6 Å². The number of para-hydroxylation sites is 2. The number of fused-ring (bicyclic) bond motifs is 1. The van der Waals surface area contributed by atoms with Crippen molar-refractivity contribution in [3.05, 3.63) is 52.6 Å². The van der Waals surface area contributed by atoms with Crippen molar-refractivity contribution >= 4 is 40.1 Å². The van der Waals surface area contributed by atoms with E-state index in [0.717, 1.165) is 11.0 Å². The first-order chi connectivity index (χ1) is 12.1. The van der Waals surface area contributed by atoms with Gasteiger partial charge in [-0.15, -0.1) is 0 Å². The average molecular weight is 358 g/mol. The molecule has 0 saturated carbocycles. The monoisotopic (exact) mass is 358 g/mol. The number of aromatic amines is 1. The molecule has 0 fully saturated rings. The number of nitro groups is 1. The molecule has 25 heavy (non-hydrogen) atoms. The molecule has 0 atom stereocenters. The maximum Gasteiger partial charge on any atom is 0.296 e. The largest absolute Gasteiger partial charge is 0.496 e. The molecule has 9 heteroatoms. The van der Waals surface area contributed by atoms with Crippen LogP contribution in [0.5, 0.6) is 5.75 Å². The normalized spacial score (nSPS) is 10.6. The number of anilines is 1. The van der Waals surface area contributed by atoms with Crippen LogP contribution in [-0.4, -0.2) is 33.7 Å². The number of imidazole rings is 1. The predicted octanol–water partition coefficient (Wildman–Crippen LogP) is 3.21. The van der Waals surface area contributed by atoms with Crippen LogP contribution in [0.25, 0.3) is 11.0 Å². The molecule has 3 rings (SSSR count). The zero-order valence-electron chi connectivity index (χ0n) is 13.2. The number of carbonyl (C=O) groups is 1. The van der Waals surface area contributed by atoms with Gasteiger partial charge in [-0.2, -0.15) is 0 Å². The molecule has 2 aromatic carbocycles. The van der Waals surface area contributed by atoms with E-state index in [0.29, 0.717) is 10.9 Å². The summed E-state index contributed by atoms with van der Waals surface area (Å²) in [7, 11) is 1.42. The minimum Gasteiger partial charge on any atom is -0.496 e. The summed E-state index contributed by atoms with van der Waals surface area (Å²) in [5, 5.41) is 14.3. The number of carbonyl (C=O) groups excluding carboxylic acids is 1. The first-order valence-electron chi connectivity index (χ1n) is 7.26. The van der Waals surface area contributed by atoms with Crippen molar-refractivity contribution in [1.29, 1.82) is 0 Å². The lowest BCUT2D eigenvalue weighted by Gasteiger charge is -2.07. The second kappa shape index (κ2) is 7.22. The summed E-state index contributed by atoms with van der Waals surface area (Å²) >= 11 is 1.22. The highest BCUT2D eigenvalue weighted by Gasteiger charge is 2.17. The number of benzene rings is 2. The second-order valence-electron chi connectivity index (χ2n) is 5.04. The number of hydrogen-bond acceptors (Lipinski definition) is 6. The lowest BCUT2D eigenvalue weighted by Crippen LogP contribution is -2.15. The van der Waals surface area contributed by atoms with Crippen LogP contribution in [0.3, 0.4) is 0 Å². The SMILES string of the molecule is COc1ccc(NC(=O)CSc2nc3ccccc3[nH]2)c([N+](=O)[O-])c1. The van der Waals surface area contributed by atoms with Crippen molar-refractivity contribution < 1.29 is 14.5 Å². The minimum atomic E-state index is -0.565. The summed E-state index contributed by atoms with van der Waals surface area (Å²) in [6.07, 6.45) is 0. The molecule has 0 aliphatic heterocycles. The number of rotatable bonds is 6. The van der Waals surface area contributed by atoms with E-state index in [4.69, 9.17) is 4.74 Å². The van der Waals surface area contributed by atoms with Crippen LogP contribution in [0.4, 0.5) is 11.4 Å². The highest BCUT2D eigenvalue weighted by molar-refractivity contribution is 7.99. The van der Waals surface area contributed by atoms with E-state index in [1.165, 1.54) is 31.0 Å². The first-order valence-corrected chi connectivity index (χ1v) is 8.25. The van der Waals surface area contributed by atoms with E-state index in [-0.39, 0.29) is 23.0 Å². The van der Waals surface area contributed by atoms with Crippen LogP contribution in [-0.2, 0) is 4.79 Å². The smallest absolute Gasteiger partial charge is 0.296 e. The van der Waals surface area contributed by atoms with Crippen molar-refractivity contribution in [2.45, 2.75) is 5.16 Å². The number of methoxy groups -OCH3 is 1. The van der Waals surface area contributed by atoms with Gasteiger partial charge in [-0.05, 0) is 24.3 Å². The Labute approximate surface area is 146 Å². The summed E-state index contributed by atoms with van der Waals surface area (Å²) in [5.74, 6) is 0.0586. The molecule has 0 unspecified atom stereocenters. The number of thioether (sulfide) groups is 1. The third-order valence-corrected chi connectivity index (χ3v) is 4.26. The van der Waals surface area contributed by atoms with E-state index in [9.17, 15) is 14.9 Å². The number of hydrogen-bond donors (Lipinski definition) is 2. The quantitative estimate of drug-likeness (QED) is 0.398.